The Kier molecular flexibility index (Phi) is 4.40. The molecule has 6 heteroatoms. The third-order valence-electron chi connectivity index (χ3n) is 2.63. The molecule has 2 N–H and O–H groups in total. The van der Waals surface area contributed by atoms with Crippen molar-refractivity contribution in [3.8, 4) is 0 Å². The van der Waals surface area contributed by atoms with Crippen LogP contribution < -0.4 is 10.6 Å². The number of carbonyl (C=O) groups excluding carboxylic acids is 1. The van der Waals surface area contributed by atoms with E-state index in [4.69, 9.17) is 17.1 Å². The molecule has 1 aliphatic rings. The first kappa shape index (κ1) is 10.9. The average molecular weight is 311 g/mol. The minimum atomic E-state index is -1.83. The smallest absolute Gasteiger partial charge is 0.251 e. The minimum absolute atomic E-state index is 0. The van der Waals surface area contributed by atoms with Gasteiger partial charge in [0.1, 0.15) is 5.82 Å². The molecular weight excluding hydrogens is 290 g/mol. The molecule has 0 unspecified atom stereocenters. The number of carbonyl (C=O) groups is 1. The van der Waals surface area contributed by atoms with E-state index in [1.165, 1.54) is 6.07 Å². The van der Waals surface area contributed by atoms with Crippen molar-refractivity contribution in [1.82, 2.24) is 10.6 Å². The zero-order valence-corrected chi connectivity index (χ0v) is 11.6. The van der Waals surface area contributed by atoms with Gasteiger partial charge < -0.3 is 10.6 Å². The summed E-state index contributed by atoms with van der Waals surface area (Å²) in [6.45, 7) is -3.56. The van der Waals surface area contributed by atoms with Crippen LogP contribution in [0.3, 0.4) is 0 Å². The van der Waals surface area contributed by atoms with Crippen LogP contribution in [0.4, 0.5) is 4.39 Å². The van der Waals surface area contributed by atoms with Crippen molar-refractivity contribution in [1.29, 1.82) is 0 Å². The Morgan fingerprint density at radius 1 is 1.47 bits per heavy atom. The van der Waals surface area contributed by atoms with Gasteiger partial charge in [-0.05, 0) is 50.0 Å². The Bertz CT molecular complexity index is 553. The van der Waals surface area contributed by atoms with Crippen molar-refractivity contribution in [3.05, 3.63) is 34.6 Å². The van der Waals surface area contributed by atoms with Crippen molar-refractivity contribution in [2.75, 3.05) is 19.5 Å². The molecule has 0 saturated carbocycles. The first-order chi connectivity index (χ1) is 10.1. The maximum atomic E-state index is 13.2. The predicted molar refractivity (Wildman–Crippen MR) is 76.6 cm³/mol. The van der Waals surface area contributed by atoms with Gasteiger partial charge >= 0.3 is 0 Å². The number of nitrogens with one attached hydrogen (secondary N) is 2. The van der Waals surface area contributed by atoms with Crippen LogP contribution in [0.25, 0.3) is 0 Å². The van der Waals surface area contributed by atoms with Crippen molar-refractivity contribution >= 4 is 29.9 Å². The maximum absolute atomic E-state index is 13.2. The summed E-state index contributed by atoms with van der Waals surface area (Å²) >= 11 is 5.69. The molecule has 0 aliphatic carbocycles. The van der Waals surface area contributed by atoms with Crippen LogP contribution in [-0.2, 0) is 0 Å². The summed E-state index contributed by atoms with van der Waals surface area (Å²) in [7, 11) is 0. The Labute approximate surface area is 128 Å². The maximum Gasteiger partial charge on any atom is 0.251 e. The van der Waals surface area contributed by atoms with Crippen LogP contribution in [-0.4, -0.2) is 25.4 Å². The number of halogens is 3. The highest BCUT2D eigenvalue weighted by Crippen LogP contribution is 2.15. The molecule has 1 saturated heterocycles. The summed E-state index contributed by atoms with van der Waals surface area (Å²) in [5.41, 5.74) is 0.0740. The number of amides is 1. The second-order valence-corrected chi connectivity index (χ2v) is 4.56. The molecule has 0 aromatic heterocycles. The third kappa shape index (κ3) is 4.97. The largest absolute Gasteiger partial charge is 0.352 e. The van der Waals surface area contributed by atoms with E-state index in [1.54, 1.807) is 0 Å². The van der Waals surface area contributed by atoms with E-state index >= 15 is 0 Å². The predicted octanol–water partition coefficient (Wildman–Crippen LogP) is 2.63. The van der Waals surface area contributed by atoms with Crippen molar-refractivity contribution in [3.63, 3.8) is 0 Å². The van der Waals surface area contributed by atoms with E-state index in [-0.39, 0.29) is 48.3 Å². The summed E-state index contributed by atoms with van der Waals surface area (Å²) in [4.78, 5) is 12.0. The molecule has 1 fully saturated rings. The van der Waals surface area contributed by atoms with Crippen molar-refractivity contribution in [2.24, 2.45) is 5.92 Å². The molecule has 106 valence electrons. The molecule has 2 rings (SSSR count). The number of hydrogen-bond acceptors (Lipinski definition) is 2. The highest BCUT2D eigenvalue weighted by molar-refractivity contribution is 6.31. The highest BCUT2D eigenvalue weighted by Gasteiger charge is 2.15. The standard InChI is InChI=1S/C13H16ClFN2O.ClH/c14-11-5-10(6-12(15)7-11)13(18)17-8-9-1-3-16-4-2-9;/h5-7,9,16H,1-4,8H2,(H,17,18);1H/i3D2,4D2;. The topological polar surface area (TPSA) is 41.1 Å². The second kappa shape index (κ2) is 7.68. The number of hydrogen-bond donors (Lipinski definition) is 2. The van der Waals surface area contributed by atoms with Gasteiger partial charge in [-0.3, -0.25) is 4.79 Å². The molecule has 0 bridgehead atoms. The molecule has 0 radical (unpaired) electrons. The summed E-state index contributed by atoms with van der Waals surface area (Å²) in [5, 5.41) is 4.97. The first-order valence-corrected chi connectivity index (χ1v) is 5.98. The van der Waals surface area contributed by atoms with Crippen molar-refractivity contribution in [2.45, 2.75) is 12.8 Å². The van der Waals surface area contributed by atoms with Crippen LogP contribution >= 0.6 is 24.0 Å². The third-order valence-corrected chi connectivity index (χ3v) is 2.85. The van der Waals surface area contributed by atoms with Gasteiger partial charge in [-0.1, -0.05) is 11.6 Å². The fourth-order valence-electron chi connectivity index (χ4n) is 1.69. The lowest BCUT2D eigenvalue weighted by atomic mass is 9.98. The summed E-state index contributed by atoms with van der Waals surface area (Å²) in [5.74, 6) is -1.51. The van der Waals surface area contributed by atoms with Crippen LogP contribution in [0.2, 0.25) is 5.02 Å². The van der Waals surface area contributed by atoms with E-state index in [0.29, 0.717) is 0 Å². The summed E-state index contributed by atoms with van der Waals surface area (Å²) in [6.07, 6.45) is 0.160. The van der Waals surface area contributed by atoms with E-state index in [2.05, 4.69) is 10.6 Å². The lowest BCUT2D eigenvalue weighted by Crippen LogP contribution is -2.36. The molecule has 1 aliphatic heterocycles. The first-order valence-electron chi connectivity index (χ1n) is 7.60. The zero-order valence-electron chi connectivity index (χ0n) is 14.0. The van der Waals surface area contributed by atoms with Crippen molar-refractivity contribution < 1.29 is 14.7 Å². The Morgan fingerprint density at radius 3 is 2.79 bits per heavy atom. The fourth-order valence-corrected chi connectivity index (χ4v) is 1.92. The number of rotatable bonds is 3. The van der Waals surface area contributed by atoms with Crippen LogP contribution in [0.15, 0.2) is 18.2 Å². The van der Waals surface area contributed by atoms with Crippen LogP contribution in [0, 0.1) is 11.7 Å². The SMILES string of the molecule is Cl.[2H]C1([2H])CC(CNC(=O)c2cc(F)cc(Cl)c2)CC([2H])([2H])N1. The molecule has 0 spiro atoms. The van der Waals surface area contributed by atoms with Gasteiger partial charge in [-0.15, -0.1) is 12.4 Å². The molecule has 0 atom stereocenters. The molecule has 1 heterocycles. The molecule has 1 aromatic rings. The quantitative estimate of drug-likeness (QED) is 0.901. The number of piperidine rings is 1. The summed E-state index contributed by atoms with van der Waals surface area (Å²) in [6, 6.07) is 3.48. The molecular formula is C13H17Cl2FN2O. The van der Waals surface area contributed by atoms with Crippen LogP contribution in [0.1, 0.15) is 28.7 Å². The van der Waals surface area contributed by atoms with Gasteiger partial charge in [-0.2, -0.15) is 0 Å². The molecule has 1 amide bonds. The van der Waals surface area contributed by atoms with Gasteiger partial charge in [0, 0.05) is 22.6 Å². The van der Waals surface area contributed by atoms with E-state index in [9.17, 15) is 9.18 Å². The lowest BCUT2D eigenvalue weighted by Gasteiger charge is -2.22. The highest BCUT2D eigenvalue weighted by atomic mass is 35.5. The van der Waals surface area contributed by atoms with E-state index < -0.39 is 24.7 Å². The fraction of sp³-hybridized carbons (Fsp3) is 0.462. The van der Waals surface area contributed by atoms with Gasteiger partial charge in [-0.25, -0.2) is 4.39 Å². The molecule has 19 heavy (non-hydrogen) atoms. The molecule has 1 aromatic carbocycles. The van der Waals surface area contributed by atoms with E-state index in [1.807, 2.05) is 0 Å². The lowest BCUT2D eigenvalue weighted by molar-refractivity contribution is 0.0943. The monoisotopic (exact) mass is 310 g/mol. The van der Waals surface area contributed by atoms with E-state index in [0.717, 1.165) is 12.1 Å². The van der Waals surface area contributed by atoms with Gasteiger partial charge in [0.25, 0.3) is 5.91 Å². The Hall–Kier alpha value is -0.840. The average Bonchev–Trinajstić information content (AvgIpc) is 2.30. The Balaban J connectivity index is 0.00000264. The second-order valence-electron chi connectivity index (χ2n) is 4.12. The van der Waals surface area contributed by atoms with Crippen LogP contribution in [0.5, 0.6) is 0 Å². The summed E-state index contributed by atoms with van der Waals surface area (Å²) < 4.78 is 43.8. The normalized spacial score (nSPS) is 24.1. The zero-order chi connectivity index (χ0) is 16.5. The molecule has 3 nitrogen and oxygen atoms in total. The van der Waals surface area contributed by atoms with Gasteiger partial charge in [0.2, 0.25) is 0 Å². The minimum Gasteiger partial charge on any atom is -0.352 e. The van der Waals surface area contributed by atoms with Gasteiger partial charge in [0.15, 0.2) is 0 Å². The van der Waals surface area contributed by atoms with Gasteiger partial charge in [0.05, 0.1) is 0 Å². The number of benzene rings is 1. The Morgan fingerprint density at radius 2 is 2.16 bits per heavy atom.